The van der Waals surface area contributed by atoms with Gasteiger partial charge in [0.2, 0.25) is 0 Å². The van der Waals surface area contributed by atoms with Crippen LogP contribution >= 0.6 is 11.8 Å². The Morgan fingerprint density at radius 1 is 1.25 bits per heavy atom. The van der Waals surface area contributed by atoms with Gasteiger partial charge in [0, 0.05) is 36.6 Å². The quantitative estimate of drug-likeness (QED) is 0.926. The van der Waals surface area contributed by atoms with Crippen LogP contribution in [-0.2, 0) is 6.54 Å². The van der Waals surface area contributed by atoms with E-state index in [2.05, 4.69) is 61.8 Å². The van der Waals surface area contributed by atoms with Crippen LogP contribution < -0.4 is 10.2 Å². The average Bonchev–Trinajstić information content (AvgIpc) is 2.65. The number of hydrogen-bond acceptors (Lipinski definition) is 4. The molecule has 20 heavy (non-hydrogen) atoms. The van der Waals surface area contributed by atoms with E-state index in [-0.39, 0.29) is 5.54 Å². The topological polar surface area (TPSA) is 28.2 Å². The molecule has 1 aromatic heterocycles. The fraction of sp³-hybridized carbons (Fsp3) is 0.688. The SMILES string of the molecule is Cc1nc(N2CCCSCC2)ccc1CNC(C)(C)C. The highest BCUT2D eigenvalue weighted by Gasteiger charge is 2.13. The molecule has 0 bridgehead atoms. The van der Waals surface area contributed by atoms with E-state index in [0.29, 0.717) is 0 Å². The smallest absolute Gasteiger partial charge is 0.128 e. The van der Waals surface area contributed by atoms with Gasteiger partial charge in [-0.3, -0.25) is 0 Å². The molecular weight excluding hydrogens is 266 g/mol. The Morgan fingerprint density at radius 2 is 2.05 bits per heavy atom. The number of pyridine rings is 1. The molecule has 1 aliphatic rings. The maximum absolute atomic E-state index is 4.82. The zero-order chi connectivity index (χ0) is 14.6. The van der Waals surface area contributed by atoms with Crippen molar-refractivity contribution in [3.63, 3.8) is 0 Å². The molecule has 1 saturated heterocycles. The molecule has 4 heteroatoms. The standard InChI is InChI=1S/C16H27N3S/c1-13-14(12-17-16(2,3)4)6-7-15(18-13)19-8-5-10-20-11-9-19/h6-7,17H,5,8-12H2,1-4H3. The first-order valence-corrected chi connectivity index (χ1v) is 8.65. The number of rotatable bonds is 3. The summed E-state index contributed by atoms with van der Waals surface area (Å²) in [6, 6.07) is 4.41. The van der Waals surface area contributed by atoms with Gasteiger partial charge in [0.15, 0.2) is 0 Å². The van der Waals surface area contributed by atoms with E-state index in [0.717, 1.165) is 31.1 Å². The number of anilines is 1. The second-order valence-electron chi connectivity index (χ2n) is 6.47. The number of hydrogen-bond donors (Lipinski definition) is 1. The zero-order valence-corrected chi connectivity index (χ0v) is 14.0. The molecule has 1 aromatic rings. The van der Waals surface area contributed by atoms with E-state index < -0.39 is 0 Å². The molecule has 0 amide bonds. The number of nitrogens with zero attached hydrogens (tertiary/aromatic N) is 2. The van der Waals surface area contributed by atoms with Crippen LogP contribution in [0.3, 0.4) is 0 Å². The van der Waals surface area contributed by atoms with Crippen molar-refractivity contribution in [1.82, 2.24) is 10.3 Å². The van der Waals surface area contributed by atoms with Gasteiger partial charge in [0.25, 0.3) is 0 Å². The molecule has 3 nitrogen and oxygen atoms in total. The third-order valence-corrected chi connectivity index (χ3v) is 4.58. The fourth-order valence-electron chi connectivity index (χ4n) is 2.28. The van der Waals surface area contributed by atoms with Crippen LogP contribution in [0, 0.1) is 6.92 Å². The van der Waals surface area contributed by atoms with Crippen molar-refractivity contribution in [1.29, 1.82) is 0 Å². The van der Waals surface area contributed by atoms with Gasteiger partial charge >= 0.3 is 0 Å². The summed E-state index contributed by atoms with van der Waals surface area (Å²) in [5.74, 6) is 3.64. The highest BCUT2D eigenvalue weighted by Crippen LogP contribution is 2.19. The molecule has 0 aliphatic carbocycles. The lowest BCUT2D eigenvalue weighted by Gasteiger charge is -2.23. The Labute approximate surface area is 127 Å². The summed E-state index contributed by atoms with van der Waals surface area (Å²) < 4.78 is 0. The normalized spacial score (nSPS) is 17.1. The summed E-state index contributed by atoms with van der Waals surface area (Å²) in [7, 11) is 0. The Kier molecular flexibility index (Phi) is 5.33. The lowest BCUT2D eigenvalue weighted by Crippen LogP contribution is -2.35. The Balaban J connectivity index is 2.04. The summed E-state index contributed by atoms with van der Waals surface area (Å²) in [4.78, 5) is 7.24. The van der Waals surface area contributed by atoms with E-state index in [9.17, 15) is 0 Å². The first kappa shape index (κ1) is 15.6. The molecule has 0 atom stereocenters. The molecule has 0 aromatic carbocycles. The minimum absolute atomic E-state index is 0.146. The van der Waals surface area contributed by atoms with Gasteiger partial charge in [0.1, 0.15) is 5.82 Å². The first-order chi connectivity index (χ1) is 9.46. The van der Waals surface area contributed by atoms with Crippen LogP contribution in [0.4, 0.5) is 5.82 Å². The van der Waals surface area contributed by atoms with Crippen LogP contribution in [0.25, 0.3) is 0 Å². The molecule has 2 rings (SSSR count). The Morgan fingerprint density at radius 3 is 2.75 bits per heavy atom. The summed E-state index contributed by atoms with van der Waals surface area (Å²) >= 11 is 2.05. The summed E-state index contributed by atoms with van der Waals surface area (Å²) in [6.45, 7) is 11.8. The molecule has 1 fully saturated rings. The summed E-state index contributed by atoms with van der Waals surface area (Å²) in [6.07, 6.45) is 1.26. The van der Waals surface area contributed by atoms with Crippen LogP contribution in [0.15, 0.2) is 12.1 Å². The minimum Gasteiger partial charge on any atom is -0.356 e. The number of aryl methyl sites for hydroxylation is 1. The van der Waals surface area contributed by atoms with Gasteiger partial charge < -0.3 is 10.2 Å². The largest absolute Gasteiger partial charge is 0.356 e. The van der Waals surface area contributed by atoms with Crippen molar-refractivity contribution < 1.29 is 0 Å². The maximum atomic E-state index is 4.82. The van der Waals surface area contributed by atoms with E-state index in [1.165, 1.54) is 23.5 Å². The predicted molar refractivity (Wildman–Crippen MR) is 89.7 cm³/mol. The van der Waals surface area contributed by atoms with E-state index in [1.54, 1.807) is 0 Å². The molecular formula is C16H27N3S. The first-order valence-electron chi connectivity index (χ1n) is 7.50. The van der Waals surface area contributed by atoms with Crippen LogP contribution in [0.5, 0.6) is 0 Å². The van der Waals surface area contributed by atoms with Gasteiger partial charge in [-0.15, -0.1) is 0 Å². The van der Waals surface area contributed by atoms with Crippen molar-refractivity contribution in [3.8, 4) is 0 Å². The summed E-state index contributed by atoms with van der Waals surface area (Å²) in [5.41, 5.74) is 2.59. The maximum Gasteiger partial charge on any atom is 0.128 e. The van der Waals surface area contributed by atoms with Gasteiger partial charge in [0.05, 0.1) is 0 Å². The highest BCUT2D eigenvalue weighted by molar-refractivity contribution is 7.99. The van der Waals surface area contributed by atoms with Crippen molar-refractivity contribution in [2.45, 2.75) is 46.2 Å². The highest BCUT2D eigenvalue weighted by atomic mass is 32.2. The van der Waals surface area contributed by atoms with Crippen molar-refractivity contribution in [2.24, 2.45) is 0 Å². The van der Waals surface area contributed by atoms with E-state index >= 15 is 0 Å². The number of aromatic nitrogens is 1. The zero-order valence-electron chi connectivity index (χ0n) is 13.2. The fourth-order valence-corrected chi connectivity index (χ4v) is 3.16. The molecule has 1 N–H and O–H groups in total. The molecule has 0 unspecified atom stereocenters. The molecule has 0 spiro atoms. The van der Waals surface area contributed by atoms with Gasteiger partial charge in [-0.2, -0.15) is 11.8 Å². The van der Waals surface area contributed by atoms with Crippen molar-refractivity contribution in [2.75, 3.05) is 29.5 Å². The predicted octanol–water partition coefficient (Wildman–Crippen LogP) is 3.22. The molecule has 112 valence electrons. The van der Waals surface area contributed by atoms with Gasteiger partial charge in [-0.25, -0.2) is 4.98 Å². The molecule has 1 aliphatic heterocycles. The van der Waals surface area contributed by atoms with E-state index in [1.807, 2.05) is 0 Å². The minimum atomic E-state index is 0.146. The third kappa shape index (κ3) is 4.67. The van der Waals surface area contributed by atoms with Crippen LogP contribution in [0.1, 0.15) is 38.4 Å². The number of nitrogens with one attached hydrogen (secondary N) is 1. The monoisotopic (exact) mass is 293 g/mol. The number of thioether (sulfide) groups is 1. The van der Waals surface area contributed by atoms with Crippen LogP contribution in [0.2, 0.25) is 0 Å². The second-order valence-corrected chi connectivity index (χ2v) is 7.70. The lowest BCUT2D eigenvalue weighted by molar-refractivity contribution is 0.423. The third-order valence-electron chi connectivity index (χ3n) is 3.54. The lowest BCUT2D eigenvalue weighted by atomic mass is 10.1. The molecule has 0 saturated carbocycles. The summed E-state index contributed by atoms with van der Waals surface area (Å²) in [5, 5.41) is 3.53. The molecule has 0 radical (unpaired) electrons. The van der Waals surface area contributed by atoms with Crippen molar-refractivity contribution in [3.05, 3.63) is 23.4 Å². The Bertz CT molecular complexity index is 432. The van der Waals surface area contributed by atoms with Gasteiger partial charge in [-0.05, 0) is 51.5 Å². The van der Waals surface area contributed by atoms with Crippen molar-refractivity contribution >= 4 is 17.6 Å². The molecule has 2 heterocycles. The average molecular weight is 293 g/mol. The second kappa shape index (κ2) is 6.81. The Hall–Kier alpha value is -0.740. The van der Waals surface area contributed by atoms with Crippen LogP contribution in [-0.4, -0.2) is 35.1 Å². The van der Waals surface area contributed by atoms with E-state index in [4.69, 9.17) is 4.98 Å². The van der Waals surface area contributed by atoms with Gasteiger partial charge in [-0.1, -0.05) is 6.07 Å².